The first-order valence-corrected chi connectivity index (χ1v) is 10.4. The van der Waals surface area contributed by atoms with Crippen LogP contribution in [0.2, 0.25) is 0 Å². The van der Waals surface area contributed by atoms with Gasteiger partial charge in [0.15, 0.2) is 5.96 Å². The van der Waals surface area contributed by atoms with Crippen molar-refractivity contribution in [3.63, 3.8) is 0 Å². The van der Waals surface area contributed by atoms with Crippen molar-refractivity contribution in [1.82, 2.24) is 25.3 Å². The molecule has 1 saturated heterocycles. The molecule has 6 heteroatoms. The minimum atomic E-state index is 0.910. The van der Waals surface area contributed by atoms with Crippen molar-refractivity contribution in [2.24, 2.45) is 4.99 Å². The summed E-state index contributed by atoms with van der Waals surface area (Å²) < 4.78 is 2.08. The van der Waals surface area contributed by atoms with Gasteiger partial charge >= 0.3 is 0 Å². The van der Waals surface area contributed by atoms with Crippen molar-refractivity contribution in [3.8, 4) is 0 Å². The molecular formula is C20H38N6. The number of nitrogens with zero attached hydrogens (tertiary/aromatic N) is 4. The molecular weight excluding hydrogens is 324 g/mol. The monoisotopic (exact) mass is 362 g/mol. The van der Waals surface area contributed by atoms with Gasteiger partial charge < -0.3 is 15.5 Å². The summed E-state index contributed by atoms with van der Waals surface area (Å²) in [5, 5.41) is 11.3. The number of likely N-dealkylation sites (tertiary alicyclic amines) is 1. The highest BCUT2D eigenvalue weighted by Crippen LogP contribution is 2.09. The molecule has 1 aromatic rings. The Balaban J connectivity index is 1.47. The van der Waals surface area contributed by atoms with E-state index in [0.29, 0.717) is 0 Å². The zero-order chi connectivity index (χ0) is 18.6. The van der Waals surface area contributed by atoms with Crippen LogP contribution in [0, 0.1) is 13.8 Å². The van der Waals surface area contributed by atoms with Gasteiger partial charge in [0.1, 0.15) is 0 Å². The van der Waals surface area contributed by atoms with Gasteiger partial charge in [-0.05, 0) is 71.7 Å². The summed E-state index contributed by atoms with van der Waals surface area (Å²) in [7, 11) is 1.84. The van der Waals surface area contributed by atoms with Gasteiger partial charge in [0.05, 0.1) is 5.69 Å². The van der Waals surface area contributed by atoms with E-state index in [1.807, 2.05) is 14.0 Å². The number of hydrogen-bond acceptors (Lipinski definition) is 3. The summed E-state index contributed by atoms with van der Waals surface area (Å²) in [5.41, 5.74) is 2.32. The summed E-state index contributed by atoms with van der Waals surface area (Å²) in [6.45, 7) is 10.9. The lowest BCUT2D eigenvalue weighted by molar-refractivity contribution is 0.224. The molecule has 2 heterocycles. The van der Waals surface area contributed by atoms with E-state index in [9.17, 15) is 0 Å². The van der Waals surface area contributed by atoms with Crippen molar-refractivity contribution in [2.75, 3.05) is 39.8 Å². The first kappa shape index (κ1) is 20.7. The lowest BCUT2D eigenvalue weighted by Crippen LogP contribution is -2.38. The molecule has 0 aliphatic carbocycles. The fourth-order valence-corrected chi connectivity index (χ4v) is 3.58. The maximum absolute atomic E-state index is 4.50. The minimum Gasteiger partial charge on any atom is -0.356 e. The maximum Gasteiger partial charge on any atom is 0.190 e. The molecule has 0 spiro atoms. The topological polar surface area (TPSA) is 57.5 Å². The molecule has 2 N–H and O–H groups in total. The Morgan fingerprint density at radius 3 is 2.38 bits per heavy atom. The van der Waals surface area contributed by atoms with Gasteiger partial charge in [-0.1, -0.05) is 12.8 Å². The fraction of sp³-hybridized carbons (Fsp3) is 0.800. The highest BCUT2D eigenvalue weighted by molar-refractivity contribution is 5.79. The quantitative estimate of drug-likeness (QED) is 0.382. The summed E-state index contributed by atoms with van der Waals surface area (Å²) in [5.74, 6) is 0.911. The van der Waals surface area contributed by atoms with E-state index < -0.39 is 0 Å². The Kier molecular flexibility index (Phi) is 9.53. The average Bonchev–Trinajstić information content (AvgIpc) is 2.97. The van der Waals surface area contributed by atoms with Gasteiger partial charge in [0, 0.05) is 32.4 Å². The highest BCUT2D eigenvalue weighted by Gasteiger charge is 2.08. The van der Waals surface area contributed by atoms with Crippen LogP contribution >= 0.6 is 0 Å². The summed E-state index contributed by atoms with van der Waals surface area (Å²) in [4.78, 5) is 6.93. The molecule has 6 nitrogen and oxygen atoms in total. The van der Waals surface area contributed by atoms with Crippen molar-refractivity contribution in [1.29, 1.82) is 0 Å². The van der Waals surface area contributed by atoms with E-state index >= 15 is 0 Å². The molecule has 26 heavy (non-hydrogen) atoms. The second-order valence-electron chi connectivity index (χ2n) is 7.39. The number of aliphatic imine (C=N–C) groups is 1. The van der Waals surface area contributed by atoms with Gasteiger partial charge in [-0.3, -0.25) is 9.67 Å². The van der Waals surface area contributed by atoms with Gasteiger partial charge in [-0.15, -0.1) is 0 Å². The molecule has 0 radical (unpaired) electrons. The zero-order valence-electron chi connectivity index (χ0n) is 17.1. The largest absolute Gasteiger partial charge is 0.356 e. The number of nitrogens with one attached hydrogen (secondary N) is 2. The molecule has 2 rings (SSSR count). The molecule has 1 fully saturated rings. The number of aromatic nitrogens is 2. The molecule has 0 bridgehead atoms. The third-order valence-corrected chi connectivity index (χ3v) is 5.06. The van der Waals surface area contributed by atoms with E-state index in [0.717, 1.165) is 37.7 Å². The third-order valence-electron chi connectivity index (χ3n) is 5.06. The first-order valence-electron chi connectivity index (χ1n) is 10.4. The van der Waals surface area contributed by atoms with Crippen molar-refractivity contribution >= 4 is 5.96 Å². The molecule has 1 aliphatic heterocycles. The molecule has 0 saturated carbocycles. The number of guanidine groups is 1. The highest BCUT2D eigenvalue weighted by atomic mass is 15.3. The van der Waals surface area contributed by atoms with Crippen LogP contribution in [0.3, 0.4) is 0 Å². The van der Waals surface area contributed by atoms with Gasteiger partial charge in [-0.25, -0.2) is 0 Å². The Morgan fingerprint density at radius 2 is 1.73 bits per heavy atom. The van der Waals surface area contributed by atoms with Crippen molar-refractivity contribution < 1.29 is 0 Å². The molecule has 1 aromatic heterocycles. The van der Waals surface area contributed by atoms with E-state index in [4.69, 9.17) is 0 Å². The lowest BCUT2D eigenvalue weighted by Gasteiger charge is -2.26. The predicted octanol–water partition coefficient (Wildman–Crippen LogP) is 2.71. The second-order valence-corrected chi connectivity index (χ2v) is 7.39. The lowest BCUT2D eigenvalue weighted by atomic mass is 10.1. The van der Waals surface area contributed by atoms with Crippen LogP contribution in [0.1, 0.15) is 56.3 Å². The fourth-order valence-electron chi connectivity index (χ4n) is 3.58. The van der Waals surface area contributed by atoms with Crippen molar-refractivity contribution in [3.05, 3.63) is 17.5 Å². The number of piperidine rings is 1. The van der Waals surface area contributed by atoms with E-state index in [2.05, 4.69) is 43.3 Å². The Bertz CT molecular complexity index is 530. The Hall–Kier alpha value is -1.56. The molecule has 0 atom stereocenters. The summed E-state index contributed by atoms with van der Waals surface area (Å²) in [6.07, 6.45) is 9.06. The van der Waals surface area contributed by atoms with Crippen LogP contribution < -0.4 is 10.6 Å². The van der Waals surface area contributed by atoms with Crippen LogP contribution in [0.4, 0.5) is 0 Å². The van der Waals surface area contributed by atoms with Crippen molar-refractivity contribution in [2.45, 2.75) is 65.3 Å². The SMILES string of the molecule is CN=C(NCCCCCN1CCCCC1)NCCCn1nc(C)cc1C. The number of rotatable bonds is 10. The predicted molar refractivity (Wildman–Crippen MR) is 110 cm³/mol. The second kappa shape index (κ2) is 11.9. The molecule has 0 unspecified atom stereocenters. The van der Waals surface area contributed by atoms with Crippen LogP contribution in [0.5, 0.6) is 0 Å². The number of unbranched alkanes of at least 4 members (excludes halogenated alkanes) is 2. The number of aryl methyl sites for hydroxylation is 3. The standard InChI is InChI=1S/C20H38N6/c1-18-17-19(2)26(24-18)16-10-12-23-20(21-3)22-11-6-4-7-13-25-14-8-5-9-15-25/h17H,4-16H2,1-3H3,(H2,21,22,23). The van der Waals surface area contributed by atoms with Gasteiger partial charge in [0.25, 0.3) is 0 Å². The minimum absolute atomic E-state index is 0.910. The Morgan fingerprint density at radius 1 is 1.00 bits per heavy atom. The van der Waals surface area contributed by atoms with Gasteiger partial charge in [-0.2, -0.15) is 5.10 Å². The normalized spacial score (nSPS) is 16.0. The zero-order valence-corrected chi connectivity index (χ0v) is 17.1. The van der Waals surface area contributed by atoms with Crippen LogP contribution in [0.25, 0.3) is 0 Å². The summed E-state index contributed by atoms with van der Waals surface area (Å²) >= 11 is 0. The third kappa shape index (κ3) is 7.77. The van der Waals surface area contributed by atoms with Crippen LogP contribution in [-0.2, 0) is 6.54 Å². The molecule has 1 aliphatic rings. The molecule has 0 aromatic carbocycles. The maximum atomic E-state index is 4.50. The van der Waals surface area contributed by atoms with E-state index in [1.165, 1.54) is 63.9 Å². The molecule has 0 amide bonds. The summed E-state index contributed by atoms with van der Waals surface area (Å²) in [6, 6.07) is 2.12. The smallest absolute Gasteiger partial charge is 0.190 e. The molecule has 148 valence electrons. The first-order chi connectivity index (χ1) is 12.7. The van der Waals surface area contributed by atoms with Crippen LogP contribution in [-0.4, -0.2) is 60.4 Å². The van der Waals surface area contributed by atoms with Crippen LogP contribution in [0.15, 0.2) is 11.1 Å². The Labute approximate surface area is 159 Å². The average molecular weight is 363 g/mol. The van der Waals surface area contributed by atoms with Gasteiger partial charge in [0.2, 0.25) is 0 Å². The van der Waals surface area contributed by atoms with E-state index in [-0.39, 0.29) is 0 Å². The van der Waals surface area contributed by atoms with E-state index in [1.54, 1.807) is 0 Å². The number of hydrogen-bond donors (Lipinski definition) is 2.